The van der Waals surface area contributed by atoms with Crippen LogP contribution in [0.2, 0.25) is 5.02 Å². The zero-order valence-corrected chi connectivity index (χ0v) is 8.06. The third-order valence-corrected chi connectivity index (χ3v) is 1.97. The molecule has 7 heteroatoms. The molecule has 3 N–H and O–H groups in total. The van der Waals surface area contributed by atoms with Crippen LogP contribution in [0.4, 0.5) is 13.2 Å². The van der Waals surface area contributed by atoms with Gasteiger partial charge in [0.25, 0.3) is 0 Å². The van der Waals surface area contributed by atoms with Crippen molar-refractivity contribution in [3.63, 3.8) is 0 Å². The van der Waals surface area contributed by atoms with Crippen LogP contribution in [0, 0.1) is 0 Å². The SMILES string of the molecule is NOCc1cc(Cl)c(O)c(C(F)(F)F)c1. The average Bonchev–Trinajstić information content (AvgIpc) is 2.09. The van der Waals surface area contributed by atoms with Gasteiger partial charge in [-0.05, 0) is 17.7 Å². The summed E-state index contributed by atoms with van der Waals surface area (Å²) in [5, 5.41) is 8.71. The Balaban J connectivity index is 3.25. The summed E-state index contributed by atoms with van der Waals surface area (Å²) in [4.78, 5) is 4.18. The number of hydrogen-bond acceptors (Lipinski definition) is 3. The summed E-state index contributed by atoms with van der Waals surface area (Å²) < 4.78 is 37.1. The van der Waals surface area contributed by atoms with Gasteiger partial charge in [0, 0.05) is 0 Å². The molecule has 0 heterocycles. The summed E-state index contributed by atoms with van der Waals surface area (Å²) in [7, 11) is 0. The molecule has 0 aromatic heterocycles. The summed E-state index contributed by atoms with van der Waals surface area (Å²) in [6.07, 6.45) is -4.67. The van der Waals surface area contributed by atoms with E-state index in [-0.39, 0.29) is 12.2 Å². The number of nitrogens with two attached hydrogens (primary N) is 1. The lowest BCUT2D eigenvalue weighted by molar-refractivity contribution is -0.138. The van der Waals surface area contributed by atoms with Crippen molar-refractivity contribution >= 4 is 11.6 Å². The van der Waals surface area contributed by atoms with Crippen LogP contribution >= 0.6 is 11.6 Å². The highest BCUT2D eigenvalue weighted by atomic mass is 35.5. The second-order valence-electron chi connectivity index (χ2n) is 2.78. The molecule has 0 bridgehead atoms. The van der Waals surface area contributed by atoms with E-state index >= 15 is 0 Å². The topological polar surface area (TPSA) is 55.5 Å². The van der Waals surface area contributed by atoms with Gasteiger partial charge < -0.3 is 5.11 Å². The van der Waals surface area contributed by atoms with E-state index in [0.717, 1.165) is 12.1 Å². The van der Waals surface area contributed by atoms with Gasteiger partial charge in [0.1, 0.15) is 5.75 Å². The maximum absolute atomic E-state index is 12.4. The normalized spacial score (nSPS) is 11.8. The van der Waals surface area contributed by atoms with Crippen LogP contribution in [0.3, 0.4) is 0 Å². The minimum atomic E-state index is -4.67. The molecule has 0 unspecified atom stereocenters. The van der Waals surface area contributed by atoms with Gasteiger partial charge >= 0.3 is 6.18 Å². The van der Waals surface area contributed by atoms with Crippen molar-refractivity contribution in [1.29, 1.82) is 0 Å². The molecule has 15 heavy (non-hydrogen) atoms. The Hall–Kier alpha value is -0.980. The molecule has 1 aromatic carbocycles. The molecule has 0 saturated carbocycles. The number of rotatable bonds is 2. The Morgan fingerprint density at radius 2 is 2.00 bits per heavy atom. The number of benzene rings is 1. The Labute approximate surface area is 88.2 Å². The van der Waals surface area contributed by atoms with Crippen LogP contribution in [0.1, 0.15) is 11.1 Å². The molecule has 0 aliphatic heterocycles. The smallest absolute Gasteiger partial charge is 0.420 e. The van der Waals surface area contributed by atoms with Crippen LogP contribution in [0.15, 0.2) is 12.1 Å². The Bertz CT molecular complexity index is 368. The number of aromatic hydroxyl groups is 1. The third-order valence-electron chi connectivity index (χ3n) is 1.68. The van der Waals surface area contributed by atoms with Gasteiger partial charge in [-0.1, -0.05) is 11.6 Å². The van der Waals surface area contributed by atoms with E-state index in [1.807, 2.05) is 0 Å². The van der Waals surface area contributed by atoms with Crippen LogP contribution in [0.25, 0.3) is 0 Å². The van der Waals surface area contributed by atoms with Crippen LogP contribution in [-0.2, 0) is 17.6 Å². The van der Waals surface area contributed by atoms with E-state index in [1.54, 1.807) is 0 Å². The lowest BCUT2D eigenvalue weighted by atomic mass is 10.1. The molecule has 0 aliphatic carbocycles. The van der Waals surface area contributed by atoms with Gasteiger partial charge in [0.05, 0.1) is 17.2 Å². The van der Waals surface area contributed by atoms with Crippen LogP contribution in [0.5, 0.6) is 5.75 Å². The molecule has 0 atom stereocenters. The molecule has 0 radical (unpaired) electrons. The number of halogens is 4. The van der Waals surface area contributed by atoms with Gasteiger partial charge in [-0.2, -0.15) is 13.2 Å². The van der Waals surface area contributed by atoms with E-state index in [9.17, 15) is 13.2 Å². The highest BCUT2D eigenvalue weighted by molar-refractivity contribution is 6.32. The predicted molar refractivity (Wildman–Crippen MR) is 47.1 cm³/mol. The fourth-order valence-electron chi connectivity index (χ4n) is 1.05. The maximum atomic E-state index is 12.4. The van der Waals surface area contributed by atoms with Gasteiger partial charge in [0.15, 0.2) is 0 Å². The van der Waals surface area contributed by atoms with Gasteiger partial charge in [-0.3, -0.25) is 4.84 Å². The first-order valence-electron chi connectivity index (χ1n) is 3.76. The van der Waals surface area contributed by atoms with Gasteiger partial charge in [-0.15, -0.1) is 0 Å². The van der Waals surface area contributed by atoms with Crippen molar-refractivity contribution in [2.75, 3.05) is 0 Å². The Kier molecular flexibility index (Phi) is 3.43. The van der Waals surface area contributed by atoms with Crippen LogP contribution < -0.4 is 5.90 Å². The molecule has 0 spiro atoms. The van der Waals surface area contributed by atoms with Crippen molar-refractivity contribution in [2.24, 2.45) is 5.90 Å². The van der Waals surface area contributed by atoms with Crippen molar-refractivity contribution in [1.82, 2.24) is 0 Å². The molecule has 1 rings (SSSR count). The van der Waals surface area contributed by atoms with E-state index in [0.29, 0.717) is 0 Å². The minimum Gasteiger partial charge on any atom is -0.506 e. The fraction of sp³-hybridized carbons (Fsp3) is 0.250. The minimum absolute atomic E-state index is 0.132. The summed E-state index contributed by atoms with van der Waals surface area (Å²) >= 11 is 5.41. The third kappa shape index (κ3) is 2.74. The second-order valence-corrected chi connectivity index (χ2v) is 3.19. The first-order chi connectivity index (χ1) is 6.86. The Morgan fingerprint density at radius 1 is 1.40 bits per heavy atom. The van der Waals surface area contributed by atoms with E-state index in [2.05, 4.69) is 4.84 Å². The van der Waals surface area contributed by atoms with Crippen molar-refractivity contribution in [3.8, 4) is 5.75 Å². The van der Waals surface area contributed by atoms with Gasteiger partial charge in [-0.25, -0.2) is 5.90 Å². The molecule has 0 amide bonds. The molecular weight excluding hydrogens is 235 g/mol. The first-order valence-corrected chi connectivity index (χ1v) is 4.14. The van der Waals surface area contributed by atoms with Crippen molar-refractivity contribution in [3.05, 3.63) is 28.3 Å². The van der Waals surface area contributed by atoms with E-state index in [1.165, 1.54) is 0 Å². The lowest BCUT2D eigenvalue weighted by Gasteiger charge is -2.11. The van der Waals surface area contributed by atoms with E-state index in [4.69, 9.17) is 22.6 Å². The molecule has 0 aliphatic rings. The quantitative estimate of drug-likeness (QED) is 0.782. The first kappa shape index (κ1) is 12.1. The standard InChI is InChI=1S/C8H7ClF3NO2/c9-6-2-4(3-15-13)1-5(7(6)14)8(10,11)12/h1-2,14H,3,13H2. The predicted octanol–water partition coefficient (Wildman–Crippen LogP) is 2.45. The number of hydrogen-bond donors (Lipinski definition) is 2. The molecule has 3 nitrogen and oxygen atoms in total. The maximum Gasteiger partial charge on any atom is 0.420 e. The summed E-state index contributed by atoms with van der Waals surface area (Å²) in [6.45, 7) is -0.219. The number of alkyl halides is 3. The number of phenols is 1. The molecule has 84 valence electrons. The second kappa shape index (κ2) is 4.26. The number of phenolic OH excluding ortho intramolecular Hbond substituents is 1. The largest absolute Gasteiger partial charge is 0.506 e. The highest BCUT2D eigenvalue weighted by Crippen LogP contribution is 2.40. The van der Waals surface area contributed by atoms with Crippen molar-refractivity contribution in [2.45, 2.75) is 12.8 Å². The average molecular weight is 242 g/mol. The lowest BCUT2D eigenvalue weighted by Crippen LogP contribution is -2.07. The summed E-state index contributed by atoms with van der Waals surface area (Å²) in [5.74, 6) is 3.73. The van der Waals surface area contributed by atoms with Crippen molar-refractivity contribution < 1.29 is 23.1 Å². The zero-order chi connectivity index (χ0) is 11.6. The van der Waals surface area contributed by atoms with Crippen LogP contribution in [-0.4, -0.2) is 5.11 Å². The van der Waals surface area contributed by atoms with E-state index < -0.39 is 22.5 Å². The molecule has 0 saturated heterocycles. The zero-order valence-electron chi connectivity index (χ0n) is 7.31. The fourth-order valence-corrected chi connectivity index (χ4v) is 1.29. The molecule has 0 fully saturated rings. The summed E-state index contributed by atoms with van der Waals surface area (Å²) in [5.41, 5.74) is -1.07. The van der Waals surface area contributed by atoms with Gasteiger partial charge in [0.2, 0.25) is 0 Å². The molecular formula is C8H7ClF3NO2. The molecule has 1 aromatic rings. The highest BCUT2D eigenvalue weighted by Gasteiger charge is 2.35. The monoisotopic (exact) mass is 241 g/mol. The summed E-state index contributed by atoms with van der Waals surface area (Å²) in [6, 6.07) is 1.88. The Morgan fingerprint density at radius 3 is 2.47 bits per heavy atom.